The first-order valence-electron chi connectivity index (χ1n) is 7.52. The van der Waals surface area contributed by atoms with E-state index in [2.05, 4.69) is 15.5 Å². The zero-order chi connectivity index (χ0) is 17.1. The molecule has 1 N–H and O–H groups in total. The number of carbonyl (C=O) groups excluding carboxylic acids is 1. The number of hydrazone groups is 1. The molecule has 0 bridgehead atoms. The molecule has 0 aliphatic carbocycles. The van der Waals surface area contributed by atoms with Gasteiger partial charge < -0.3 is 4.74 Å². The Morgan fingerprint density at radius 1 is 1.25 bits per heavy atom. The maximum Gasteiger partial charge on any atom is 0.290 e. The van der Waals surface area contributed by atoms with E-state index in [9.17, 15) is 4.79 Å². The lowest BCUT2D eigenvalue weighted by Crippen LogP contribution is -2.20. The van der Waals surface area contributed by atoms with E-state index in [0.29, 0.717) is 17.1 Å². The fourth-order valence-electron chi connectivity index (χ4n) is 2.53. The number of hydrogen-bond donors (Lipinski definition) is 1. The Bertz CT molecular complexity index is 928. The van der Waals surface area contributed by atoms with Crippen LogP contribution >= 0.6 is 0 Å². The van der Waals surface area contributed by atoms with Crippen LogP contribution in [0.5, 0.6) is 5.75 Å². The Hall–Kier alpha value is -3.15. The lowest BCUT2D eigenvalue weighted by Gasteiger charge is -2.04. The SMILES string of the molecule is COc1ccccc1/C=N\NC(=O)c1c(C)nc2ccc(C)cn12. The van der Waals surface area contributed by atoms with Crippen molar-refractivity contribution in [1.29, 1.82) is 0 Å². The lowest BCUT2D eigenvalue weighted by atomic mass is 10.2. The molecule has 0 radical (unpaired) electrons. The minimum atomic E-state index is -0.309. The highest BCUT2D eigenvalue weighted by Crippen LogP contribution is 2.15. The third-order valence-electron chi connectivity index (χ3n) is 3.66. The van der Waals surface area contributed by atoms with E-state index in [1.807, 2.05) is 49.5 Å². The molecule has 0 unspecified atom stereocenters. The first-order valence-corrected chi connectivity index (χ1v) is 7.52. The maximum absolute atomic E-state index is 12.5. The van der Waals surface area contributed by atoms with Crippen molar-refractivity contribution in [1.82, 2.24) is 14.8 Å². The number of pyridine rings is 1. The number of methoxy groups -OCH3 is 1. The fraction of sp³-hybridized carbons (Fsp3) is 0.167. The number of nitrogens with zero attached hydrogens (tertiary/aromatic N) is 3. The van der Waals surface area contributed by atoms with E-state index < -0.39 is 0 Å². The number of hydrogen-bond acceptors (Lipinski definition) is 4. The van der Waals surface area contributed by atoms with Gasteiger partial charge in [-0.05, 0) is 37.6 Å². The van der Waals surface area contributed by atoms with Gasteiger partial charge in [-0.3, -0.25) is 9.20 Å². The van der Waals surface area contributed by atoms with E-state index in [-0.39, 0.29) is 5.91 Å². The van der Waals surface area contributed by atoms with E-state index in [1.165, 1.54) is 0 Å². The maximum atomic E-state index is 12.5. The molecule has 0 spiro atoms. The molecule has 3 rings (SSSR count). The number of imidazole rings is 1. The second-order valence-electron chi connectivity index (χ2n) is 5.42. The molecule has 0 aliphatic rings. The third-order valence-corrected chi connectivity index (χ3v) is 3.66. The number of ether oxygens (including phenoxy) is 1. The van der Waals surface area contributed by atoms with Gasteiger partial charge in [-0.15, -0.1) is 0 Å². The molecule has 0 aliphatic heterocycles. The highest BCUT2D eigenvalue weighted by molar-refractivity contribution is 5.95. The molecular formula is C18H18N4O2. The van der Waals surface area contributed by atoms with E-state index in [4.69, 9.17) is 4.74 Å². The van der Waals surface area contributed by atoms with Crippen LogP contribution < -0.4 is 10.2 Å². The summed E-state index contributed by atoms with van der Waals surface area (Å²) in [6, 6.07) is 11.3. The van der Waals surface area contributed by atoms with Crippen LogP contribution in [-0.4, -0.2) is 28.6 Å². The molecule has 1 amide bonds. The molecule has 122 valence electrons. The van der Waals surface area contributed by atoms with Crippen molar-refractivity contribution in [2.24, 2.45) is 5.10 Å². The van der Waals surface area contributed by atoms with Crippen LogP contribution in [0.2, 0.25) is 0 Å². The standard InChI is InChI=1S/C18H18N4O2/c1-12-8-9-16-20-13(2)17(22(16)11-12)18(23)21-19-10-14-6-4-5-7-15(14)24-3/h4-11H,1-3H3,(H,21,23)/b19-10-. The number of benzene rings is 1. The molecule has 0 saturated carbocycles. The summed E-state index contributed by atoms with van der Waals surface area (Å²) < 4.78 is 7.02. The summed E-state index contributed by atoms with van der Waals surface area (Å²) >= 11 is 0. The minimum absolute atomic E-state index is 0.309. The predicted molar refractivity (Wildman–Crippen MR) is 92.7 cm³/mol. The molecule has 0 fully saturated rings. The Balaban J connectivity index is 1.84. The van der Waals surface area contributed by atoms with Crippen LogP contribution in [0.4, 0.5) is 0 Å². The topological polar surface area (TPSA) is 68.0 Å². The van der Waals surface area contributed by atoms with Gasteiger partial charge in [-0.2, -0.15) is 5.10 Å². The van der Waals surface area contributed by atoms with E-state index >= 15 is 0 Å². The highest BCUT2D eigenvalue weighted by Gasteiger charge is 2.16. The number of carbonyl (C=O) groups is 1. The predicted octanol–water partition coefficient (Wildman–Crippen LogP) is 2.72. The van der Waals surface area contributed by atoms with Crippen molar-refractivity contribution in [3.05, 3.63) is 65.1 Å². The second-order valence-corrected chi connectivity index (χ2v) is 5.42. The summed E-state index contributed by atoms with van der Waals surface area (Å²) in [4.78, 5) is 16.9. The van der Waals surface area contributed by atoms with Gasteiger partial charge in [-0.1, -0.05) is 18.2 Å². The summed E-state index contributed by atoms with van der Waals surface area (Å²) in [5.41, 5.74) is 6.25. The van der Waals surface area contributed by atoms with Crippen LogP contribution in [-0.2, 0) is 0 Å². The van der Waals surface area contributed by atoms with Gasteiger partial charge >= 0.3 is 0 Å². The fourth-order valence-corrected chi connectivity index (χ4v) is 2.53. The van der Waals surface area contributed by atoms with Crippen molar-refractivity contribution in [2.75, 3.05) is 7.11 Å². The Kier molecular flexibility index (Phi) is 4.29. The number of amides is 1. The zero-order valence-electron chi connectivity index (χ0n) is 13.8. The Labute approximate surface area is 139 Å². The van der Waals surface area contributed by atoms with Crippen LogP contribution in [0, 0.1) is 13.8 Å². The number of aryl methyl sites for hydroxylation is 2. The number of fused-ring (bicyclic) bond motifs is 1. The molecule has 24 heavy (non-hydrogen) atoms. The summed E-state index contributed by atoms with van der Waals surface area (Å²) in [5, 5.41) is 4.03. The Morgan fingerprint density at radius 2 is 2.04 bits per heavy atom. The van der Waals surface area contributed by atoms with Crippen LogP contribution in [0.15, 0.2) is 47.7 Å². The molecule has 2 aromatic heterocycles. The van der Waals surface area contributed by atoms with Gasteiger partial charge in [0, 0.05) is 11.8 Å². The van der Waals surface area contributed by atoms with Crippen molar-refractivity contribution in [3.63, 3.8) is 0 Å². The number of para-hydroxylation sites is 1. The molecular weight excluding hydrogens is 304 g/mol. The average Bonchev–Trinajstić information content (AvgIpc) is 2.90. The minimum Gasteiger partial charge on any atom is -0.496 e. The number of aromatic nitrogens is 2. The van der Waals surface area contributed by atoms with Crippen molar-refractivity contribution in [3.8, 4) is 5.75 Å². The summed E-state index contributed by atoms with van der Waals surface area (Å²) in [6.45, 7) is 3.78. The largest absolute Gasteiger partial charge is 0.496 e. The van der Waals surface area contributed by atoms with Crippen molar-refractivity contribution >= 4 is 17.8 Å². The van der Waals surface area contributed by atoms with Gasteiger partial charge in [0.1, 0.15) is 17.1 Å². The molecule has 0 atom stereocenters. The smallest absolute Gasteiger partial charge is 0.290 e. The highest BCUT2D eigenvalue weighted by atomic mass is 16.5. The quantitative estimate of drug-likeness (QED) is 0.593. The van der Waals surface area contributed by atoms with E-state index in [1.54, 1.807) is 24.6 Å². The first kappa shape index (κ1) is 15.7. The summed E-state index contributed by atoms with van der Waals surface area (Å²) in [6.07, 6.45) is 3.44. The van der Waals surface area contributed by atoms with Gasteiger partial charge in [0.05, 0.1) is 19.0 Å². The number of nitrogens with one attached hydrogen (secondary N) is 1. The zero-order valence-corrected chi connectivity index (χ0v) is 13.8. The molecule has 3 aromatic rings. The average molecular weight is 322 g/mol. The Morgan fingerprint density at radius 3 is 2.83 bits per heavy atom. The van der Waals surface area contributed by atoms with Crippen LogP contribution in [0.25, 0.3) is 5.65 Å². The summed E-state index contributed by atoms with van der Waals surface area (Å²) in [7, 11) is 1.59. The van der Waals surface area contributed by atoms with Crippen LogP contribution in [0.3, 0.4) is 0 Å². The van der Waals surface area contributed by atoms with Crippen molar-refractivity contribution < 1.29 is 9.53 Å². The number of rotatable bonds is 4. The second kappa shape index (κ2) is 6.54. The van der Waals surface area contributed by atoms with Gasteiger partial charge in [0.25, 0.3) is 5.91 Å². The van der Waals surface area contributed by atoms with Crippen LogP contribution in [0.1, 0.15) is 27.3 Å². The summed E-state index contributed by atoms with van der Waals surface area (Å²) in [5.74, 6) is 0.383. The third kappa shape index (κ3) is 2.99. The molecule has 6 nitrogen and oxygen atoms in total. The van der Waals surface area contributed by atoms with Gasteiger partial charge in [0.15, 0.2) is 0 Å². The monoisotopic (exact) mass is 322 g/mol. The van der Waals surface area contributed by atoms with Gasteiger partial charge in [-0.25, -0.2) is 10.4 Å². The molecule has 6 heteroatoms. The van der Waals surface area contributed by atoms with E-state index in [0.717, 1.165) is 16.8 Å². The van der Waals surface area contributed by atoms with Crippen molar-refractivity contribution in [2.45, 2.75) is 13.8 Å². The molecule has 0 saturated heterocycles. The molecule has 2 heterocycles. The first-order chi connectivity index (χ1) is 11.6. The molecule has 1 aromatic carbocycles. The lowest BCUT2D eigenvalue weighted by molar-refractivity contribution is 0.0948. The normalized spacial score (nSPS) is 11.1. The van der Waals surface area contributed by atoms with Gasteiger partial charge in [0.2, 0.25) is 0 Å².